The van der Waals surface area contributed by atoms with Crippen LogP contribution in [0, 0.1) is 6.92 Å². The van der Waals surface area contributed by atoms with Gasteiger partial charge in [0.2, 0.25) is 0 Å². The fourth-order valence-corrected chi connectivity index (χ4v) is 14.7. The van der Waals surface area contributed by atoms with Crippen LogP contribution in [0.4, 0.5) is 28.4 Å². The number of benzene rings is 8. The molecule has 8 aromatic carbocycles. The highest BCUT2D eigenvalue weighted by Gasteiger charge is 2.49. The molecule has 14 rings (SSSR count). The molecule has 2 aromatic heterocycles. The summed E-state index contributed by atoms with van der Waals surface area (Å²) in [5.74, 6) is 0. The van der Waals surface area contributed by atoms with Crippen LogP contribution in [-0.2, 0) is 21.7 Å². The third-order valence-corrected chi connectivity index (χ3v) is 18.9. The third kappa shape index (κ3) is 5.82. The molecule has 5 heteroatoms. The Labute approximate surface area is 416 Å². The molecule has 0 radical (unpaired) electrons. The van der Waals surface area contributed by atoms with Gasteiger partial charge in [0.25, 0.3) is 0 Å². The van der Waals surface area contributed by atoms with Crippen molar-refractivity contribution in [3.8, 4) is 22.3 Å². The van der Waals surface area contributed by atoms with Gasteiger partial charge in [-0.05, 0) is 153 Å². The molecule has 10 aromatic rings. The third-order valence-electron chi connectivity index (χ3n) is 17.7. The largest absolute Gasteiger partial charge is 0.454 e. The molecule has 0 fully saturated rings. The average Bonchev–Trinajstić information content (AvgIpc) is 3.93. The number of para-hydroxylation sites is 1. The van der Waals surface area contributed by atoms with E-state index in [9.17, 15) is 0 Å². The number of fused-ring (bicyclic) bond motifs is 14. The Morgan fingerprint density at radius 1 is 0.514 bits per heavy atom. The number of hydrogen-bond donors (Lipinski definition) is 0. The Balaban J connectivity index is 1.16. The number of anilines is 5. The summed E-state index contributed by atoms with van der Waals surface area (Å²) in [5.41, 5.74) is 23.0. The van der Waals surface area contributed by atoms with E-state index in [1.165, 1.54) is 117 Å². The lowest BCUT2D eigenvalue weighted by molar-refractivity contribution is 0.332. The summed E-state index contributed by atoms with van der Waals surface area (Å²) in [6.45, 7) is 21.8. The summed E-state index contributed by atoms with van der Waals surface area (Å²) in [7, 11) is 0. The van der Waals surface area contributed by atoms with Gasteiger partial charge in [0.05, 0.1) is 5.69 Å². The zero-order valence-electron chi connectivity index (χ0n) is 42.0. The summed E-state index contributed by atoms with van der Waals surface area (Å²) < 4.78 is 9.88. The summed E-state index contributed by atoms with van der Waals surface area (Å²) in [6.07, 6.45) is 4.66. The Morgan fingerprint density at radius 2 is 1.17 bits per heavy atom. The van der Waals surface area contributed by atoms with E-state index in [-0.39, 0.29) is 28.5 Å². The van der Waals surface area contributed by atoms with E-state index in [2.05, 4.69) is 218 Å². The Morgan fingerprint density at radius 3 is 1.93 bits per heavy atom. The molecule has 0 saturated carbocycles. The van der Waals surface area contributed by atoms with E-state index in [0.29, 0.717) is 0 Å². The molecule has 0 bridgehead atoms. The van der Waals surface area contributed by atoms with E-state index in [1.807, 2.05) is 11.3 Å². The minimum absolute atomic E-state index is 0.0231. The number of furan rings is 1. The minimum Gasteiger partial charge on any atom is -0.454 e. The second-order valence-corrected chi connectivity index (χ2v) is 24.8. The summed E-state index contributed by atoms with van der Waals surface area (Å²) in [4.78, 5) is 5.41. The van der Waals surface area contributed by atoms with E-state index in [4.69, 9.17) is 4.42 Å². The van der Waals surface area contributed by atoms with Gasteiger partial charge < -0.3 is 14.1 Å². The molecule has 2 aliphatic heterocycles. The Kier molecular flexibility index (Phi) is 8.64. The van der Waals surface area contributed by atoms with Crippen LogP contribution in [0.3, 0.4) is 0 Å². The first-order chi connectivity index (χ1) is 33.6. The van der Waals surface area contributed by atoms with Gasteiger partial charge >= 0.3 is 6.85 Å². The summed E-state index contributed by atoms with van der Waals surface area (Å²) >= 11 is 1.94. The maximum Gasteiger partial charge on any atom is 0.333 e. The topological polar surface area (TPSA) is 19.6 Å². The van der Waals surface area contributed by atoms with Crippen LogP contribution in [0.5, 0.6) is 0 Å². The van der Waals surface area contributed by atoms with Crippen molar-refractivity contribution in [1.82, 2.24) is 0 Å². The van der Waals surface area contributed by atoms with E-state index >= 15 is 0 Å². The zero-order valence-corrected chi connectivity index (χ0v) is 42.8. The van der Waals surface area contributed by atoms with Crippen molar-refractivity contribution in [2.24, 2.45) is 0 Å². The van der Waals surface area contributed by atoms with Crippen molar-refractivity contribution >= 4 is 99.7 Å². The van der Waals surface area contributed by atoms with Crippen molar-refractivity contribution in [3.05, 3.63) is 173 Å². The molecule has 0 saturated heterocycles. The summed E-state index contributed by atoms with van der Waals surface area (Å²) in [5, 5.41) is 4.91. The first-order valence-electron chi connectivity index (χ1n) is 25.6. The highest BCUT2D eigenvalue weighted by molar-refractivity contribution is 7.26. The highest BCUT2D eigenvalue weighted by atomic mass is 32.1. The summed E-state index contributed by atoms with van der Waals surface area (Å²) in [6, 6.07) is 56.0. The van der Waals surface area contributed by atoms with Gasteiger partial charge in [-0.3, -0.25) is 0 Å². The Hall–Kier alpha value is -6.56. The van der Waals surface area contributed by atoms with Crippen molar-refractivity contribution < 1.29 is 4.42 Å². The fourth-order valence-electron chi connectivity index (χ4n) is 13.5. The van der Waals surface area contributed by atoms with Crippen LogP contribution in [0.25, 0.3) is 64.4 Å². The number of nitrogens with zero attached hydrogens (tertiary/aromatic N) is 2. The maximum atomic E-state index is 7.23. The molecule has 344 valence electrons. The van der Waals surface area contributed by atoms with Gasteiger partial charge in [0.15, 0.2) is 5.58 Å². The normalized spacial score (nSPS) is 17.9. The van der Waals surface area contributed by atoms with E-state index < -0.39 is 0 Å². The quantitative estimate of drug-likeness (QED) is 0.165. The zero-order chi connectivity index (χ0) is 47.8. The lowest BCUT2D eigenvalue weighted by Crippen LogP contribution is -2.61. The minimum atomic E-state index is -0.173. The fraction of sp³-hybridized carbons (Fsp3) is 0.262. The van der Waals surface area contributed by atoms with Crippen molar-refractivity contribution in [3.63, 3.8) is 0 Å². The SMILES string of the molecule is Cc1cc2c(cc1N1c3cc(-c4ccccc4)ccc3B3c4c1cc1c(sc5ccccc51)c4-c1ccc4c(oc5ccccc54)c1N3c1ccc3c(c1)C(C)(C)CCC3(C)C)C(C)(C)CCC2(C)C. The van der Waals surface area contributed by atoms with Gasteiger partial charge in [0, 0.05) is 64.8 Å². The van der Waals surface area contributed by atoms with Crippen LogP contribution in [0.15, 0.2) is 150 Å². The average molecular weight is 927 g/mol. The second kappa shape index (κ2) is 14.3. The van der Waals surface area contributed by atoms with Crippen molar-refractivity contribution in [2.45, 2.75) is 110 Å². The van der Waals surface area contributed by atoms with Gasteiger partial charge in [-0.1, -0.05) is 152 Å². The van der Waals surface area contributed by atoms with Crippen molar-refractivity contribution in [2.75, 3.05) is 9.71 Å². The van der Waals surface area contributed by atoms with Crippen LogP contribution in [0.1, 0.15) is 109 Å². The standard InChI is InChI=1S/C65H59BN2OS/c1-38-33-48-50(65(8,9)32-31-63(48,4)5)37-52(38)67-53-34-40(39-17-11-10-12-18-39)23-28-51(53)66-58-54(67)36-46-43-20-14-16-22-56(43)70-61(46)57(58)45-26-25-44-42-19-13-15-21-55(42)69-60(44)59(45)68(66)41-24-27-47-49(35-41)64(6,7)30-29-62(47,2)3/h10-28,33-37H,29-32H2,1-9H3. The van der Waals surface area contributed by atoms with Crippen LogP contribution in [-0.4, -0.2) is 6.85 Å². The predicted octanol–water partition coefficient (Wildman–Crippen LogP) is 17.3. The molecule has 0 amide bonds. The first kappa shape index (κ1) is 42.3. The Bertz CT molecular complexity index is 3890. The van der Waals surface area contributed by atoms with Crippen LogP contribution >= 0.6 is 11.3 Å². The molecular formula is C65H59BN2OS. The molecule has 0 spiro atoms. The molecule has 2 aliphatic carbocycles. The lowest BCUT2D eigenvalue weighted by Gasteiger charge is -2.48. The van der Waals surface area contributed by atoms with E-state index in [1.54, 1.807) is 0 Å². The lowest BCUT2D eigenvalue weighted by atomic mass is 9.43. The smallest absolute Gasteiger partial charge is 0.333 e. The number of hydrogen-bond acceptors (Lipinski definition) is 4. The van der Waals surface area contributed by atoms with Gasteiger partial charge in [-0.15, -0.1) is 11.3 Å². The number of thiophene rings is 1. The predicted molar refractivity (Wildman–Crippen MR) is 301 cm³/mol. The molecule has 0 N–H and O–H groups in total. The van der Waals surface area contributed by atoms with Gasteiger partial charge in [-0.2, -0.15) is 0 Å². The molecule has 3 nitrogen and oxygen atoms in total. The van der Waals surface area contributed by atoms with Crippen molar-refractivity contribution in [1.29, 1.82) is 0 Å². The molecule has 0 atom stereocenters. The van der Waals surface area contributed by atoms with Crippen LogP contribution in [0.2, 0.25) is 0 Å². The molecule has 0 unspecified atom stereocenters. The second-order valence-electron chi connectivity index (χ2n) is 23.8. The maximum absolute atomic E-state index is 7.23. The molecule has 4 aliphatic rings. The van der Waals surface area contributed by atoms with Crippen LogP contribution < -0.4 is 20.6 Å². The molecule has 4 heterocycles. The monoisotopic (exact) mass is 926 g/mol. The van der Waals surface area contributed by atoms with Gasteiger partial charge in [-0.25, -0.2) is 0 Å². The molecule has 70 heavy (non-hydrogen) atoms. The van der Waals surface area contributed by atoms with Gasteiger partial charge in [0.1, 0.15) is 5.58 Å². The van der Waals surface area contributed by atoms with E-state index in [0.717, 1.165) is 40.5 Å². The highest BCUT2D eigenvalue weighted by Crippen LogP contribution is 2.57. The first-order valence-corrected chi connectivity index (χ1v) is 26.4. The number of aryl methyl sites for hydroxylation is 1. The molecular weight excluding hydrogens is 868 g/mol. The number of rotatable bonds is 3.